The normalized spacial score (nSPS) is 18.0. The summed E-state index contributed by atoms with van der Waals surface area (Å²) in [6, 6.07) is 52.3. The molecule has 0 amide bonds. The molecule has 6 aromatic heterocycles. The predicted molar refractivity (Wildman–Crippen MR) is 305 cm³/mol. The molecule has 1 aliphatic carbocycles. The maximum absolute atomic E-state index is 9.14. The van der Waals surface area contributed by atoms with Crippen LogP contribution in [0.4, 0.5) is 11.6 Å². The van der Waals surface area contributed by atoms with Crippen LogP contribution in [-0.2, 0) is 13.1 Å². The zero-order chi connectivity index (χ0) is 51.9. The van der Waals surface area contributed by atoms with E-state index in [0.717, 1.165) is 120 Å². The number of nitriles is 1. The number of anilines is 2. The average molecular weight is 1010 g/mol. The minimum atomic E-state index is 0.318. The smallest absolute Gasteiger partial charge is 0.176 e. The number of pyridine rings is 4. The molecule has 14 heteroatoms. The third-order valence-electron chi connectivity index (χ3n) is 16.3. The van der Waals surface area contributed by atoms with Crippen LogP contribution in [0.3, 0.4) is 0 Å². The molecule has 77 heavy (non-hydrogen) atoms. The Morgan fingerprint density at radius 1 is 0.532 bits per heavy atom. The molecule has 0 bridgehead atoms. The van der Waals surface area contributed by atoms with Crippen molar-refractivity contribution in [3.63, 3.8) is 0 Å². The number of hydrogen-bond donors (Lipinski definition) is 3. The van der Waals surface area contributed by atoms with E-state index in [1.165, 1.54) is 49.7 Å². The number of imidazole rings is 2. The molecule has 10 aromatic rings. The van der Waals surface area contributed by atoms with Crippen molar-refractivity contribution in [1.29, 1.82) is 5.26 Å². The maximum Gasteiger partial charge on any atom is 0.176 e. The number of fused-ring (bicyclic) bond motifs is 2. The fourth-order valence-corrected chi connectivity index (χ4v) is 12.1. The lowest BCUT2D eigenvalue weighted by molar-refractivity contribution is 0.166. The van der Waals surface area contributed by atoms with E-state index in [4.69, 9.17) is 41.6 Å². The molecule has 3 fully saturated rings. The number of piperidine rings is 1. The third kappa shape index (κ3) is 9.53. The summed E-state index contributed by atoms with van der Waals surface area (Å²) in [4.78, 5) is 35.5. The quantitative estimate of drug-likeness (QED) is 0.0779. The van der Waals surface area contributed by atoms with Crippen LogP contribution in [-0.4, -0.2) is 81.1 Å². The molecule has 13 rings (SSSR count). The second kappa shape index (κ2) is 20.4. The Hall–Kier alpha value is -8.77. The first-order valence-corrected chi connectivity index (χ1v) is 27.0. The Kier molecular flexibility index (Phi) is 12.7. The predicted octanol–water partition coefficient (Wildman–Crippen LogP) is 11.6. The van der Waals surface area contributed by atoms with Crippen LogP contribution in [0.25, 0.3) is 90.3 Å². The molecular formula is C63H60N14. The van der Waals surface area contributed by atoms with E-state index < -0.39 is 0 Å². The van der Waals surface area contributed by atoms with Crippen molar-refractivity contribution >= 4 is 34.0 Å². The van der Waals surface area contributed by atoms with Crippen molar-refractivity contribution in [2.75, 3.05) is 37.6 Å². The van der Waals surface area contributed by atoms with Gasteiger partial charge in [-0.05, 0) is 160 Å². The van der Waals surface area contributed by atoms with E-state index in [0.29, 0.717) is 46.0 Å². The Balaban J connectivity index is 0.808. The van der Waals surface area contributed by atoms with Crippen molar-refractivity contribution in [3.05, 3.63) is 169 Å². The van der Waals surface area contributed by atoms with Gasteiger partial charge in [-0.2, -0.15) is 5.26 Å². The summed E-state index contributed by atoms with van der Waals surface area (Å²) in [7, 11) is 0. The maximum atomic E-state index is 9.14. The Morgan fingerprint density at radius 3 is 1.71 bits per heavy atom. The molecule has 0 atom stereocenters. The lowest BCUT2D eigenvalue weighted by Gasteiger charge is -2.36. The molecule has 1 spiro atoms. The van der Waals surface area contributed by atoms with Gasteiger partial charge in [0.1, 0.15) is 22.7 Å². The zero-order valence-electron chi connectivity index (χ0n) is 43.1. The summed E-state index contributed by atoms with van der Waals surface area (Å²) in [5.41, 5.74) is 28.0. The van der Waals surface area contributed by atoms with Crippen molar-refractivity contribution < 1.29 is 0 Å². The number of aromatic nitrogens is 8. The number of nitrogens with one attached hydrogen (secondary N) is 1. The lowest BCUT2D eigenvalue weighted by atomic mass is 9.72. The van der Waals surface area contributed by atoms with Crippen LogP contribution < -0.4 is 16.8 Å². The summed E-state index contributed by atoms with van der Waals surface area (Å²) in [5, 5.41) is 12.1. The number of nitrogens with two attached hydrogens (primary N) is 2. The van der Waals surface area contributed by atoms with Crippen LogP contribution in [0.1, 0.15) is 62.5 Å². The molecule has 4 aromatic carbocycles. The Bertz CT molecular complexity index is 3810. The van der Waals surface area contributed by atoms with Crippen molar-refractivity contribution in [2.45, 2.75) is 70.5 Å². The van der Waals surface area contributed by atoms with Gasteiger partial charge in [-0.3, -0.25) is 18.9 Å². The van der Waals surface area contributed by atoms with Crippen LogP contribution in [0.15, 0.2) is 158 Å². The highest BCUT2D eigenvalue weighted by Crippen LogP contribution is 2.44. The summed E-state index contributed by atoms with van der Waals surface area (Å²) < 4.78 is 4.21. The van der Waals surface area contributed by atoms with Gasteiger partial charge >= 0.3 is 0 Å². The molecule has 0 radical (unpaired) electrons. The minimum Gasteiger partial charge on any atom is -0.383 e. The summed E-state index contributed by atoms with van der Waals surface area (Å²) in [5.74, 6) is 2.11. The molecule has 1 saturated carbocycles. The van der Waals surface area contributed by atoms with E-state index in [-0.39, 0.29) is 0 Å². The minimum absolute atomic E-state index is 0.318. The summed E-state index contributed by atoms with van der Waals surface area (Å²) in [6.45, 7) is 6.30. The molecule has 3 aliphatic rings. The monoisotopic (exact) mass is 1010 g/mol. The number of nitrogen functional groups attached to an aromatic ring is 2. The molecule has 0 unspecified atom stereocenters. The number of nitrogens with zero attached hydrogens (tertiary/aromatic N) is 11. The topological polar surface area (TPSA) is 182 Å². The molecule has 2 aliphatic heterocycles. The van der Waals surface area contributed by atoms with E-state index in [2.05, 4.69) is 114 Å². The number of hydrogen-bond acceptors (Lipinski definition) is 12. The van der Waals surface area contributed by atoms with Gasteiger partial charge in [0, 0.05) is 59.9 Å². The highest BCUT2D eigenvalue weighted by molar-refractivity contribution is 5.87. The second-order valence-electron chi connectivity index (χ2n) is 21.3. The summed E-state index contributed by atoms with van der Waals surface area (Å²) in [6.07, 6.45) is 13.4. The van der Waals surface area contributed by atoms with Crippen molar-refractivity contribution in [3.8, 4) is 74.1 Å². The Morgan fingerprint density at radius 2 is 1.10 bits per heavy atom. The molecule has 14 nitrogen and oxygen atoms in total. The highest BCUT2D eigenvalue weighted by Gasteiger charge is 2.41. The fourth-order valence-electron chi connectivity index (χ4n) is 12.1. The van der Waals surface area contributed by atoms with Gasteiger partial charge in [0.2, 0.25) is 0 Å². The van der Waals surface area contributed by atoms with Gasteiger partial charge in [0.25, 0.3) is 0 Å². The first-order chi connectivity index (χ1) is 37.8. The van der Waals surface area contributed by atoms with Crippen LogP contribution >= 0.6 is 0 Å². The van der Waals surface area contributed by atoms with E-state index >= 15 is 0 Å². The number of benzene rings is 4. The number of likely N-dealkylation sites (tertiary alicyclic amines) is 2. The lowest BCUT2D eigenvalue weighted by Crippen LogP contribution is -2.37. The van der Waals surface area contributed by atoms with E-state index in [1.54, 1.807) is 6.20 Å². The van der Waals surface area contributed by atoms with Gasteiger partial charge in [0.15, 0.2) is 29.1 Å². The third-order valence-corrected chi connectivity index (χ3v) is 16.3. The summed E-state index contributed by atoms with van der Waals surface area (Å²) >= 11 is 0. The zero-order valence-corrected chi connectivity index (χ0v) is 43.1. The molecule has 8 heterocycles. The SMILES string of the molecule is N#CNC1CCC2(CC1)CCN(Cc1ccc(-n3c(-c4cccnc4N)nc4ccc(-c5cccc(-c6ccc(-c7nc8ccc(-c9ccccc9)nc8n7-c7ccc(CN8CCCCC8)cc7)c(N)n6)c5)nc43)cc1)C2. The van der Waals surface area contributed by atoms with Gasteiger partial charge in [0.05, 0.1) is 28.2 Å². The average Bonchev–Trinajstić information content (AvgIpc) is 4.32. The van der Waals surface area contributed by atoms with Crippen LogP contribution in [0, 0.1) is 16.9 Å². The largest absolute Gasteiger partial charge is 0.383 e. The van der Waals surface area contributed by atoms with Crippen molar-refractivity contribution in [1.82, 2.24) is 54.2 Å². The molecule has 5 N–H and O–H groups in total. The molecular weight excluding hydrogens is 953 g/mol. The van der Waals surface area contributed by atoms with Gasteiger partial charge < -0.3 is 16.8 Å². The number of rotatable bonds is 12. The van der Waals surface area contributed by atoms with Gasteiger partial charge in [-0.15, -0.1) is 0 Å². The molecule has 382 valence electrons. The highest BCUT2D eigenvalue weighted by atomic mass is 15.2. The van der Waals surface area contributed by atoms with Gasteiger partial charge in [-0.25, -0.2) is 29.9 Å². The molecule has 2 saturated heterocycles. The fraction of sp³-hybridized carbons (Fsp3) is 0.254. The van der Waals surface area contributed by atoms with Crippen LogP contribution in [0.2, 0.25) is 0 Å². The van der Waals surface area contributed by atoms with Crippen LogP contribution in [0.5, 0.6) is 0 Å². The van der Waals surface area contributed by atoms with E-state index in [1.807, 2.05) is 72.8 Å². The van der Waals surface area contributed by atoms with Crippen molar-refractivity contribution in [2.24, 2.45) is 5.41 Å². The first-order valence-electron chi connectivity index (χ1n) is 27.0. The Labute approximate surface area is 448 Å². The second-order valence-corrected chi connectivity index (χ2v) is 21.3. The van der Waals surface area contributed by atoms with Gasteiger partial charge in [-0.1, -0.05) is 79.2 Å². The van der Waals surface area contributed by atoms with E-state index in [9.17, 15) is 0 Å². The first kappa shape index (κ1) is 47.9. The standard InChI is InChI=1S/C63H60N14/c64-41-68-47-28-30-63(31-29-47)32-36-75(40-63)39-43-16-20-48(21-17-43)76-59(50-13-8-33-67-57(50)65)72-56-27-25-54(71-62(56)76)46-12-7-11-45(37-46)53-23-22-51(58(66)69-53)60-73-55-26-24-52(44-9-3-1-4-10-44)70-61(55)77(60)49-18-14-42(15-19-49)38-74-34-5-2-6-35-74/h1,3-4,7-27,33,37,47,68H,2,5-6,28-32,34-36,38-40H2,(H2,65,67)(H2,66,69).